The normalized spacial score (nSPS) is 19.5. The van der Waals surface area contributed by atoms with Gasteiger partial charge >= 0.3 is 5.97 Å². The van der Waals surface area contributed by atoms with Gasteiger partial charge in [0, 0.05) is 23.0 Å². The van der Waals surface area contributed by atoms with Gasteiger partial charge in [0.25, 0.3) is 0 Å². The van der Waals surface area contributed by atoms with E-state index < -0.39 is 0 Å². The molecule has 0 aliphatic carbocycles. The fourth-order valence-corrected chi connectivity index (χ4v) is 3.86. The van der Waals surface area contributed by atoms with E-state index in [-0.39, 0.29) is 18.1 Å². The van der Waals surface area contributed by atoms with Gasteiger partial charge in [-0.2, -0.15) is 0 Å². The Hall–Kier alpha value is -2.59. The Morgan fingerprint density at radius 2 is 1.85 bits per heavy atom. The Kier molecular flexibility index (Phi) is 4.29. The van der Waals surface area contributed by atoms with E-state index in [2.05, 4.69) is 60.5 Å². The summed E-state index contributed by atoms with van der Waals surface area (Å²) >= 11 is 0. The molecule has 4 heteroatoms. The monoisotopic (exact) mass is 348 g/mol. The molecule has 4 rings (SSSR count). The molecule has 2 N–H and O–H groups in total. The van der Waals surface area contributed by atoms with Crippen LogP contribution in [-0.2, 0) is 16.0 Å². The number of H-pyrrole nitrogens is 1. The largest absolute Gasteiger partial charge is 0.468 e. The molecule has 0 spiro atoms. The lowest BCUT2D eigenvalue weighted by molar-refractivity contribution is -0.143. The first kappa shape index (κ1) is 16.9. The molecule has 2 heterocycles. The van der Waals surface area contributed by atoms with Crippen molar-refractivity contribution in [3.05, 3.63) is 70.9 Å². The minimum atomic E-state index is -0.346. The van der Waals surface area contributed by atoms with Crippen LogP contribution in [0.1, 0.15) is 48.2 Å². The van der Waals surface area contributed by atoms with Crippen molar-refractivity contribution in [2.75, 3.05) is 7.11 Å². The van der Waals surface area contributed by atoms with Crippen molar-refractivity contribution in [1.82, 2.24) is 10.3 Å². The highest BCUT2D eigenvalue weighted by Crippen LogP contribution is 2.35. The van der Waals surface area contributed by atoms with E-state index in [0.29, 0.717) is 12.3 Å². The average molecular weight is 348 g/mol. The van der Waals surface area contributed by atoms with Crippen molar-refractivity contribution in [3.63, 3.8) is 0 Å². The standard InChI is InChI=1S/C22H24N2O2/c1-13(2)14-8-10-15(11-9-14)20-21-17(12-19(24-20)22(25)26-3)16-6-4-5-7-18(16)23-21/h4-11,13,19-20,23-24H,12H2,1-3H3/t19-,20+/m1/s1. The summed E-state index contributed by atoms with van der Waals surface area (Å²) in [6.45, 7) is 4.38. The van der Waals surface area contributed by atoms with E-state index in [1.807, 2.05) is 12.1 Å². The second-order valence-electron chi connectivity index (χ2n) is 7.26. The lowest BCUT2D eigenvalue weighted by Crippen LogP contribution is -2.45. The van der Waals surface area contributed by atoms with Crippen molar-refractivity contribution < 1.29 is 9.53 Å². The quantitative estimate of drug-likeness (QED) is 0.702. The van der Waals surface area contributed by atoms with Crippen molar-refractivity contribution in [2.45, 2.75) is 38.3 Å². The number of carbonyl (C=O) groups excluding carboxylic acids is 1. The molecule has 0 fully saturated rings. The van der Waals surface area contributed by atoms with Crippen LogP contribution < -0.4 is 5.32 Å². The van der Waals surface area contributed by atoms with E-state index in [0.717, 1.165) is 16.8 Å². The van der Waals surface area contributed by atoms with Crippen LogP contribution in [0.4, 0.5) is 0 Å². The van der Waals surface area contributed by atoms with Crippen molar-refractivity contribution in [2.24, 2.45) is 0 Å². The molecule has 1 aliphatic rings. The van der Waals surface area contributed by atoms with E-state index >= 15 is 0 Å². The third kappa shape index (κ3) is 2.80. The molecule has 2 aromatic carbocycles. The molecule has 1 aromatic heterocycles. The van der Waals surface area contributed by atoms with Gasteiger partial charge in [-0.1, -0.05) is 56.3 Å². The van der Waals surface area contributed by atoms with Gasteiger partial charge in [-0.25, -0.2) is 0 Å². The van der Waals surface area contributed by atoms with Gasteiger partial charge in [0.05, 0.1) is 13.2 Å². The van der Waals surface area contributed by atoms with Crippen LogP contribution in [0.25, 0.3) is 10.9 Å². The predicted octanol–water partition coefficient (Wildman–Crippen LogP) is 4.07. The van der Waals surface area contributed by atoms with Gasteiger partial charge in [0.2, 0.25) is 0 Å². The van der Waals surface area contributed by atoms with E-state index in [1.165, 1.54) is 23.6 Å². The maximum Gasteiger partial charge on any atom is 0.323 e. The molecular formula is C22H24N2O2. The summed E-state index contributed by atoms with van der Waals surface area (Å²) in [5, 5.41) is 4.66. The van der Waals surface area contributed by atoms with Crippen molar-refractivity contribution >= 4 is 16.9 Å². The molecule has 0 radical (unpaired) electrons. The van der Waals surface area contributed by atoms with E-state index in [1.54, 1.807) is 0 Å². The molecule has 0 amide bonds. The number of carbonyl (C=O) groups is 1. The number of hydrogen-bond donors (Lipinski definition) is 2. The number of aromatic nitrogens is 1. The molecular weight excluding hydrogens is 324 g/mol. The van der Waals surface area contributed by atoms with Crippen LogP contribution in [-0.4, -0.2) is 24.1 Å². The van der Waals surface area contributed by atoms with Crippen LogP contribution in [0, 0.1) is 0 Å². The molecule has 0 saturated heterocycles. The highest BCUT2D eigenvalue weighted by molar-refractivity contribution is 5.87. The van der Waals surface area contributed by atoms with Crippen LogP contribution >= 0.6 is 0 Å². The minimum absolute atomic E-state index is 0.0588. The number of hydrogen-bond acceptors (Lipinski definition) is 3. The van der Waals surface area contributed by atoms with E-state index in [9.17, 15) is 4.79 Å². The Morgan fingerprint density at radius 3 is 2.54 bits per heavy atom. The highest BCUT2D eigenvalue weighted by atomic mass is 16.5. The molecule has 26 heavy (non-hydrogen) atoms. The molecule has 2 atom stereocenters. The van der Waals surface area contributed by atoms with Crippen LogP contribution in [0.3, 0.4) is 0 Å². The summed E-state index contributed by atoms with van der Waals surface area (Å²) in [5.74, 6) is 0.277. The molecule has 3 aromatic rings. The first-order valence-corrected chi connectivity index (χ1v) is 9.11. The first-order chi connectivity index (χ1) is 12.6. The maximum absolute atomic E-state index is 12.3. The summed E-state index contributed by atoms with van der Waals surface area (Å²) in [6.07, 6.45) is 0.632. The summed E-state index contributed by atoms with van der Waals surface area (Å²) in [7, 11) is 1.45. The average Bonchev–Trinajstić information content (AvgIpc) is 3.05. The molecule has 0 unspecified atom stereocenters. The second-order valence-corrected chi connectivity index (χ2v) is 7.26. The Bertz CT molecular complexity index is 940. The fourth-order valence-electron chi connectivity index (χ4n) is 3.86. The number of para-hydroxylation sites is 1. The number of rotatable bonds is 3. The lowest BCUT2D eigenvalue weighted by Gasteiger charge is -2.30. The van der Waals surface area contributed by atoms with Gasteiger partial charge in [-0.05, 0) is 28.7 Å². The Labute approximate surface area is 153 Å². The van der Waals surface area contributed by atoms with Gasteiger partial charge in [0.1, 0.15) is 6.04 Å². The number of ether oxygens (including phenoxy) is 1. The van der Waals surface area contributed by atoms with Crippen molar-refractivity contribution in [3.8, 4) is 0 Å². The molecule has 0 saturated carbocycles. The first-order valence-electron chi connectivity index (χ1n) is 9.11. The van der Waals surface area contributed by atoms with Gasteiger partial charge in [-0.15, -0.1) is 0 Å². The third-order valence-corrected chi connectivity index (χ3v) is 5.33. The number of methoxy groups -OCH3 is 1. The predicted molar refractivity (Wildman–Crippen MR) is 103 cm³/mol. The lowest BCUT2D eigenvalue weighted by atomic mass is 9.89. The molecule has 1 aliphatic heterocycles. The molecule has 4 nitrogen and oxygen atoms in total. The topological polar surface area (TPSA) is 54.1 Å². The van der Waals surface area contributed by atoms with E-state index in [4.69, 9.17) is 4.74 Å². The molecule has 134 valence electrons. The zero-order valence-corrected chi connectivity index (χ0v) is 15.4. The third-order valence-electron chi connectivity index (χ3n) is 5.33. The van der Waals surface area contributed by atoms with Crippen LogP contribution in [0.15, 0.2) is 48.5 Å². The number of esters is 1. The van der Waals surface area contributed by atoms with Crippen LogP contribution in [0.5, 0.6) is 0 Å². The zero-order chi connectivity index (χ0) is 18.3. The smallest absolute Gasteiger partial charge is 0.323 e. The van der Waals surface area contributed by atoms with Crippen molar-refractivity contribution in [1.29, 1.82) is 0 Å². The maximum atomic E-state index is 12.3. The number of benzene rings is 2. The van der Waals surface area contributed by atoms with Gasteiger partial charge in [-0.3, -0.25) is 10.1 Å². The fraction of sp³-hybridized carbons (Fsp3) is 0.318. The van der Waals surface area contributed by atoms with Gasteiger partial charge < -0.3 is 9.72 Å². The summed E-state index contributed by atoms with van der Waals surface area (Å²) < 4.78 is 5.02. The summed E-state index contributed by atoms with van der Waals surface area (Å²) in [4.78, 5) is 15.8. The second kappa shape index (κ2) is 6.61. The number of aromatic amines is 1. The Morgan fingerprint density at radius 1 is 1.12 bits per heavy atom. The van der Waals surface area contributed by atoms with Crippen LogP contribution in [0.2, 0.25) is 0 Å². The Balaban J connectivity index is 1.81. The summed E-state index contributed by atoms with van der Waals surface area (Å²) in [6, 6.07) is 16.5. The summed E-state index contributed by atoms with van der Waals surface area (Å²) in [5.41, 5.74) is 5.91. The minimum Gasteiger partial charge on any atom is -0.468 e. The number of fused-ring (bicyclic) bond motifs is 3. The number of nitrogens with one attached hydrogen (secondary N) is 2. The van der Waals surface area contributed by atoms with Gasteiger partial charge in [0.15, 0.2) is 0 Å². The highest BCUT2D eigenvalue weighted by Gasteiger charge is 2.34. The zero-order valence-electron chi connectivity index (χ0n) is 15.4. The SMILES string of the molecule is COC(=O)[C@H]1Cc2c([nH]c3ccccc23)[C@H](c2ccc(C(C)C)cc2)N1. The molecule has 0 bridgehead atoms.